The molecule has 4 rings (SSSR count). The molecule has 0 unspecified atom stereocenters. The molecule has 2 N–H and O–H groups in total. The average Bonchev–Trinajstić information content (AvgIpc) is 2.75. The molecule has 2 aromatic heterocycles. The summed E-state index contributed by atoms with van der Waals surface area (Å²) in [7, 11) is 0. The molecule has 156 valence electrons. The molecule has 3 aromatic rings. The zero-order valence-electron chi connectivity index (χ0n) is 17.0. The van der Waals surface area contributed by atoms with Crippen molar-refractivity contribution < 1.29 is 9.47 Å². The summed E-state index contributed by atoms with van der Waals surface area (Å²) < 4.78 is 11.7. The van der Waals surface area contributed by atoms with Gasteiger partial charge >= 0.3 is 0 Å². The lowest BCUT2D eigenvalue weighted by Gasteiger charge is -2.28. The molecule has 30 heavy (non-hydrogen) atoms. The number of anilines is 1. The number of halogens is 1. The van der Waals surface area contributed by atoms with Crippen LogP contribution in [0.2, 0.25) is 5.15 Å². The van der Waals surface area contributed by atoms with E-state index in [1.165, 1.54) is 5.56 Å². The Balaban J connectivity index is 1.64. The van der Waals surface area contributed by atoms with Gasteiger partial charge in [0.1, 0.15) is 16.7 Å². The van der Waals surface area contributed by atoms with Crippen LogP contribution in [0.3, 0.4) is 0 Å². The number of benzene rings is 1. The van der Waals surface area contributed by atoms with Crippen molar-refractivity contribution in [1.82, 2.24) is 9.97 Å². The Bertz CT molecular complexity index is 1000. The van der Waals surface area contributed by atoms with Gasteiger partial charge in [-0.2, -0.15) is 0 Å². The number of nitrogens with two attached hydrogens (primary N) is 1. The molecule has 0 spiro atoms. The molecule has 3 heterocycles. The van der Waals surface area contributed by atoms with Crippen molar-refractivity contribution in [2.75, 3.05) is 37.7 Å². The van der Waals surface area contributed by atoms with Crippen LogP contribution >= 0.6 is 11.6 Å². The van der Waals surface area contributed by atoms with E-state index >= 15 is 0 Å². The lowest BCUT2D eigenvalue weighted by molar-refractivity contribution is 0.122. The van der Waals surface area contributed by atoms with E-state index in [0.29, 0.717) is 36.5 Å². The smallest absolute Gasteiger partial charge is 0.228 e. The number of aryl methyl sites for hydroxylation is 1. The molecule has 0 saturated carbocycles. The minimum atomic E-state index is 0.382. The first-order chi connectivity index (χ1) is 14.6. The first kappa shape index (κ1) is 20.6. The molecule has 1 aliphatic heterocycles. The van der Waals surface area contributed by atoms with Gasteiger partial charge in [0.25, 0.3) is 0 Å². The van der Waals surface area contributed by atoms with E-state index < -0.39 is 0 Å². The van der Waals surface area contributed by atoms with Gasteiger partial charge in [-0.25, -0.2) is 9.97 Å². The Labute approximate surface area is 181 Å². The van der Waals surface area contributed by atoms with Crippen LogP contribution in [0.4, 0.5) is 5.82 Å². The topological polar surface area (TPSA) is 73.5 Å². The Hall–Kier alpha value is -2.67. The highest BCUT2D eigenvalue weighted by atomic mass is 35.5. The Kier molecular flexibility index (Phi) is 6.47. The molecule has 0 amide bonds. The van der Waals surface area contributed by atoms with E-state index in [4.69, 9.17) is 26.8 Å². The van der Waals surface area contributed by atoms with Crippen LogP contribution in [0.5, 0.6) is 11.6 Å². The fraction of sp³-hybridized carbons (Fsp3) is 0.304. The fourth-order valence-electron chi connectivity index (χ4n) is 3.48. The van der Waals surface area contributed by atoms with E-state index in [-0.39, 0.29) is 0 Å². The minimum Gasteiger partial charge on any atom is -0.438 e. The quantitative estimate of drug-likeness (QED) is 0.597. The molecular weight excluding hydrogens is 400 g/mol. The summed E-state index contributed by atoms with van der Waals surface area (Å²) in [6, 6.07) is 15.8. The zero-order valence-corrected chi connectivity index (χ0v) is 17.7. The van der Waals surface area contributed by atoms with Crippen LogP contribution in [0.15, 0.2) is 48.5 Å². The number of aromatic nitrogens is 2. The third-order valence-electron chi connectivity index (χ3n) is 4.99. The largest absolute Gasteiger partial charge is 0.438 e. The van der Waals surface area contributed by atoms with E-state index in [1.54, 1.807) is 6.07 Å². The predicted octanol–water partition coefficient (Wildman–Crippen LogP) is 4.24. The van der Waals surface area contributed by atoms with Crippen molar-refractivity contribution in [3.05, 3.63) is 64.9 Å². The summed E-state index contributed by atoms with van der Waals surface area (Å²) >= 11 is 6.18. The van der Waals surface area contributed by atoms with Crippen LogP contribution in [0.25, 0.3) is 11.1 Å². The molecule has 0 bridgehead atoms. The Morgan fingerprint density at radius 2 is 1.83 bits per heavy atom. The molecule has 0 atom stereocenters. The number of pyridine rings is 2. The second-order valence-corrected chi connectivity index (χ2v) is 7.61. The molecule has 1 aromatic carbocycles. The fourth-order valence-corrected chi connectivity index (χ4v) is 3.62. The van der Waals surface area contributed by atoms with Crippen LogP contribution in [0.1, 0.15) is 11.3 Å². The number of hydrogen-bond acceptors (Lipinski definition) is 6. The summed E-state index contributed by atoms with van der Waals surface area (Å²) in [6.45, 7) is 5.61. The number of hydrogen-bond donors (Lipinski definition) is 1. The second-order valence-electron chi connectivity index (χ2n) is 7.23. The van der Waals surface area contributed by atoms with E-state index in [2.05, 4.69) is 39.1 Å². The molecule has 7 heteroatoms. The highest BCUT2D eigenvalue weighted by molar-refractivity contribution is 6.29. The van der Waals surface area contributed by atoms with Crippen molar-refractivity contribution in [3.63, 3.8) is 0 Å². The second kappa shape index (κ2) is 9.43. The molecule has 1 aliphatic rings. The summed E-state index contributed by atoms with van der Waals surface area (Å²) in [5, 5.41) is 0.382. The van der Waals surface area contributed by atoms with Gasteiger partial charge in [-0.15, -0.1) is 0 Å². The maximum atomic E-state index is 6.22. The van der Waals surface area contributed by atoms with Gasteiger partial charge in [0.15, 0.2) is 0 Å². The van der Waals surface area contributed by atoms with Crippen LogP contribution in [-0.2, 0) is 11.2 Å². The zero-order chi connectivity index (χ0) is 20.9. The van der Waals surface area contributed by atoms with Crippen molar-refractivity contribution in [1.29, 1.82) is 0 Å². The Morgan fingerprint density at radius 3 is 2.57 bits per heavy atom. The van der Waals surface area contributed by atoms with Gasteiger partial charge in [-0.3, -0.25) is 0 Å². The first-order valence-corrected chi connectivity index (χ1v) is 10.5. The SMILES string of the molecule is Cc1cc(Oc2nc(Cl)ccc2-c2ccc(CCN)cc2)cc(N2CCOCC2)n1. The minimum absolute atomic E-state index is 0.382. The third-order valence-corrected chi connectivity index (χ3v) is 5.20. The van der Waals surface area contributed by atoms with Gasteiger partial charge in [-0.1, -0.05) is 35.9 Å². The van der Waals surface area contributed by atoms with E-state index in [1.807, 2.05) is 25.1 Å². The molecular formula is C23H25ClN4O2. The maximum absolute atomic E-state index is 6.22. The van der Waals surface area contributed by atoms with Crippen molar-refractivity contribution in [2.45, 2.75) is 13.3 Å². The average molecular weight is 425 g/mol. The molecule has 0 aliphatic carbocycles. The van der Waals surface area contributed by atoms with Gasteiger partial charge in [-0.05, 0) is 43.1 Å². The normalized spacial score (nSPS) is 14.0. The van der Waals surface area contributed by atoms with Gasteiger partial charge < -0.3 is 20.1 Å². The summed E-state index contributed by atoms with van der Waals surface area (Å²) in [4.78, 5) is 11.3. The molecule has 1 fully saturated rings. The number of nitrogens with zero attached hydrogens (tertiary/aromatic N) is 3. The van der Waals surface area contributed by atoms with Gasteiger partial charge in [0, 0.05) is 36.5 Å². The molecule has 1 saturated heterocycles. The van der Waals surface area contributed by atoms with Gasteiger partial charge in [0.05, 0.1) is 13.2 Å². The number of ether oxygens (including phenoxy) is 2. The van der Waals surface area contributed by atoms with E-state index in [0.717, 1.165) is 42.1 Å². The summed E-state index contributed by atoms with van der Waals surface area (Å²) in [6.07, 6.45) is 0.850. The van der Waals surface area contributed by atoms with Crippen molar-refractivity contribution in [3.8, 4) is 22.8 Å². The standard InChI is InChI=1S/C23H25ClN4O2/c1-16-14-19(15-22(26-16)28-10-12-29-13-11-28)30-23-20(6-7-21(24)27-23)18-4-2-17(3-5-18)8-9-25/h2-7,14-15H,8-13,25H2,1H3. The van der Waals surface area contributed by atoms with Crippen molar-refractivity contribution in [2.24, 2.45) is 5.73 Å². The maximum Gasteiger partial charge on any atom is 0.228 e. The summed E-state index contributed by atoms with van der Waals surface area (Å²) in [5.74, 6) is 2.02. The van der Waals surface area contributed by atoms with Gasteiger partial charge in [0.2, 0.25) is 5.88 Å². The number of rotatable bonds is 6. The van der Waals surface area contributed by atoms with Crippen LogP contribution in [0, 0.1) is 6.92 Å². The highest BCUT2D eigenvalue weighted by Gasteiger charge is 2.16. The molecule has 0 radical (unpaired) electrons. The summed E-state index contributed by atoms with van der Waals surface area (Å²) in [5.41, 5.74) is 9.62. The lowest BCUT2D eigenvalue weighted by atomic mass is 10.0. The highest BCUT2D eigenvalue weighted by Crippen LogP contribution is 2.34. The predicted molar refractivity (Wildman–Crippen MR) is 120 cm³/mol. The molecule has 6 nitrogen and oxygen atoms in total. The van der Waals surface area contributed by atoms with Crippen molar-refractivity contribution >= 4 is 17.4 Å². The monoisotopic (exact) mass is 424 g/mol. The Morgan fingerprint density at radius 1 is 1.07 bits per heavy atom. The lowest BCUT2D eigenvalue weighted by Crippen LogP contribution is -2.36. The number of morpholine rings is 1. The first-order valence-electron chi connectivity index (χ1n) is 10.1. The van der Waals surface area contributed by atoms with Crippen LogP contribution < -0.4 is 15.4 Å². The van der Waals surface area contributed by atoms with E-state index in [9.17, 15) is 0 Å². The van der Waals surface area contributed by atoms with Crippen LogP contribution in [-0.4, -0.2) is 42.8 Å². The third kappa shape index (κ3) is 4.90.